The van der Waals surface area contributed by atoms with E-state index in [-0.39, 0.29) is 5.91 Å². The van der Waals surface area contributed by atoms with E-state index in [2.05, 4.69) is 15.3 Å². The minimum absolute atomic E-state index is 0.107. The van der Waals surface area contributed by atoms with Crippen LogP contribution in [0.15, 0.2) is 42.9 Å². The Morgan fingerprint density at radius 2 is 2.16 bits per heavy atom. The Morgan fingerprint density at radius 3 is 3.00 bits per heavy atom. The van der Waals surface area contributed by atoms with Crippen LogP contribution in [0.2, 0.25) is 0 Å². The zero-order valence-electron chi connectivity index (χ0n) is 10.4. The Morgan fingerprint density at radius 1 is 1.26 bits per heavy atom. The topological polar surface area (TPSA) is 58.1 Å². The van der Waals surface area contributed by atoms with Gasteiger partial charge in [0.2, 0.25) is 0 Å². The van der Waals surface area contributed by atoms with Crippen molar-refractivity contribution in [3.8, 4) is 0 Å². The molecule has 3 rings (SSSR count). The summed E-state index contributed by atoms with van der Waals surface area (Å²) in [4.78, 5) is 22.3. The summed E-state index contributed by atoms with van der Waals surface area (Å²) in [5, 5.41) is 3.31. The Bertz CT molecular complexity index is 585. The van der Waals surface area contributed by atoms with Crippen molar-refractivity contribution in [2.75, 3.05) is 18.0 Å². The second-order valence-electron chi connectivity index (χ2n) is 4.35. The molecule has 0 bridgehead atoms. The van der Waals surface area contributed by atoms with E-state index in [1.807, 2.05) is 24.3 Å². The molecule has 0 saturated heterocycles. The van der Waals surface area contributed by atoms with Gasteiger partial charge >= 0.3 is 0 Å². The number of carbonyl (C=O) groups excluding carboxylic acids is 1. The van der Waals surface area contributed by atoms with Gasteiger partial charge in [0.15, 0.2) is 0 Å². The number of hydrogen-bond acceptors (Lipinski definition) is 4. The van der Waals surface area contributed by atoms with Gasteiger partial charge in [-0.2, -0.15) is 0 Å². The predicted molar refractivity (Wildman–Crippen MR) is 71.9 cm³/mol. The predicted octanol–water partition coefficient (Wildman–Crippen LogP) is 1.23. The average Bonchev–Trinajstić information content (AvgIpc) is 2.70. The standard InChI is InChI=1S/C14H14N4O/c19-14(12-10-15-5-6-17-12)18-8-7-16-9-11-3-1-2-4-13(11)18/h1-6,10,16H,7-9H2. The third-order valence-corrected chi connectivity index (χ3v) is 3.14. The highest BCUT2D eigenvalue weighted by Crippen LogP contribution is 2.23. The second-order valence-corrected chi connectivity index (χ2v) is 4.35. The van der Waals surface area contributed by atoms with Crippen molar-refractivity contribution in [3.05, 3.63) is 54.1 Å². The maximum Gasteiger partial charge on any atom is 0.278 e. The number of benzene rings is 1. The van der Waals surface area contributed by atoms with Gasteiger partial charge < -0.3 is 10.2 Å². The normalized spacial score (nSPS) is 14.6. The van der Waals surface area contributed by atoms with Gasteiger partial charge in [0.1, 0.15) is 5.69 Å². The van der Waals surface area contributed by atoms with Gasteiger partial charge in [-0.15, -0.1) is 0 Å². The quantitative estimate of drug-likeness (QED) is 0.831. The van der Waals surface area contributed by atoms with E-state index in [0.717, 1.165) is 24.3 Å². The first-order valence-electron chi connectivity index (χ1n) is 6.23. The highest BCUT2D eigenvalue weighted by molar-refractivity contribution is 6.05. The highest BCUT2D eigenvalue weighted by Gasteiger charge is 2.22. The molecule has 1 aliphatic rings. The minimum Gasteiger partial charge on any atom is -0.311 e. The van der Waals surface area contributed by atoms with Crippen LogP contribution in [-0.4, -0.2) is 29.0 Å². The average molecular weight is 254 g/mol. The minimum atomic E-state index is -0.107. The first-order valence-corrected chi connectivity index (χ1v) is 6.23. The third kappa shape index (κ3) is 2.32. The van der Waals surface area contributed by atoms with Gasteiger partial charge in [-0.05, 0) is 11.6 Å². The van der Waals surface area contributed by atoms with Crippen LogP contribution in [0, 0.1) is 0 Å². The van der Waals surface area contributed by atoms with Crippen LogP contribution in [-0.2, 0) is 6.54 Å². The van der Waals surface area contributed by atoms with Crippen molar-refractivity contribution in [2.24, 2.45) is 0 Å². The molecule has 96 valence electrons. The molecular formula is C14H14N4O. The second kappa shape index (κ2) is 5.16. The lowest BCUT2D eigenvalue weighted by Crippen LogP contribution is -2.35. The summed E-state index contributed by atoms with van der Waals surface area (Å²) < 4.78 is 0. The van der Waals surface area contributed by atoms with Crippen LogP contribution in [0.4, 0.5) is 5.69 Å². The summed E-state index contributed by atoms with van der Waals surface area (Å²) in [6.45, 7) is 2.17. The molecule has 2 heterocycles. The number of nitrogens with one attached hydrogen (secondary N) is 1. The van der Waals surface area contributed by atoms with Crippen LogP contribution in [0.5, 0.6) is 0 Å². The van der Waals surface area contributed by atoms with Gasteiger partial charge in [0, 0.05) is 37.7 Å². The molecule has 1 aromatic heterocycles. The third-order valence-electron chi connectivity index (χ3n) is 3.14. The first kappa shape index (κ1) is 11.8. The number of carbonyl (C=O) groups is 1. The lowest BCUT2D eigenvalue weighted by Gasteiger charge is -2.21. The van der Waals surface area contributed by atoms with E-state index in [9.17, 15) is 4.79 Å². The van der Waals surface area contributed by atoms with Gasteiger partial charge in [-0.1, -0.05) is 18.2 Å². The Balaban J connectivity index is 1.99. The lowest BCUT2D eigenvalue weighted by molar-refractivity contribution is 0.0982. The van der Waals surface area contributed by atoms with Crippen molar-refractivity contribution in [3.63, 3.8) is 0 Å². The van der Waals surface area contributed by atoms with Crippen molar-refractivity contribution in [1.82, 2.24) is 15.3 Å². The zero-order valence-corrected chi connectivity index (χ0v) is 10.4. The number of para-hydroxylation sites is 1. The highest BCUT2D eigenvalue weighted by atomic mass is 16.2. The maximum atomic E-state index is 12.5. The Hall–Kier alpha value is -2.27. The van der Waals surface area contributed by atoms with Crippen LogP contribution in [0.1, 0.15) is 16.1 Å². The fourth-order valence-electron chi connectivity index (χ4n) is 2.22. The van der Waals surface area contributed by atoms with E-state index in [0.29, 0.717) is 12.2 Å². The summed E-state index contributed by atoms with van der Waals surface area (Å²) in [7, 11) is 0. The summed E-state index contributed by atoms with van der Waals surface area (Å²) >= 11 is 0. The Kier molecular flexibility index (Phi) is 3.20. The van der Waals surface area contributed by atoms with Crippen molar-refractivity contribution in [2.45, 2.75) is 6.54 Å². The zero-order chi connectivity index (χ0) is 13.1. The molecule has 1 amide bonds. The molecule has 1 aliphatic heterocycles. The largest absolute Gasteiger partial charge is 0.311 e. The molecule has 0 fully saturated rings. The number of hydrogen-bond donors (Lipinski definition) is 1. The molecule has 0 spiro atoms. The smallest absolute Gasteiger partial charge is 0.278 e. The number of nitrogens with zero attached hydrogens (tertiary/aromatic N) is 3. The number of fused-ring (bicyclic) bond motifs is 1. The monoisotopic (exact) mass is 254 g/mol. The molecule has 1 aromatic carbocycles. The molecule has 0 unspecified atom stereocenters. The molecule has 5 nitrogen and oxygen atoms in total. The lowest BCUT2D eigenvalue weighted by atomic mass is 10.1. The first-order chi connectivity index (χ1) is 9.36. The van der Waals surface area contributed by atoms with Crippen LogP contribution < -0.4 is 10.2 Å². The molecule has 5 heteroatoms. The fraction of sp³-hybridized carbons (Fsp3) is 0.214. The molecule has 0 aliphatic carbocycles. The van der Waals surface area contributed by atoms with E-state index < -0.39 is 0 Å². The molecule has 1 N–H and O–H groups in total. The molecule has 0 atom stereocenters. The van der Waals surface area contributed by atoms with Crippen LogP contribution >= 0.6 is 0 Å². The van der Waals surface area contributed by atoms with E-state index in [1.54, 1.807) is 11.1 Å². The van der Waals surface area contributed by atoms with E-state index in [1.165, 1.54) is 12.4 Å². The molecular weight excluding hydrogens is 240 g/mol. The maximum absolute atomic E-state index is 12.5. The molecule has 0 radical (unpaired) electrons. The van der Waals surface area contributed by atoms with Gasteiger partial charge in [-0.3, -0.25) is 9.78 Å². The number of rotatable bonds is 1. The Labute approximate surface area is 111 Å². The molecule has 0 saturated carbocycles. The summed E-state index contributed by atoms with van der Waals surface area (Å²) in [5.41, 5.74) is 2.44. The van der Waals surface area contributed by atoms with Crippen molar-refractivity contribution >= 4 is 11.6 Å². The van der Waals surface area contributed by atoms with Crippen LogP contribution in [0.25, 0.3) is 0 Å². The summed E-state index contributed by atoms with van der Waals surface area (Å²) in [6, 6.07) is 7.93. The summed E-state index contributed by atoms with van der Waals surface area (Å²) in [5.74, 6) is -0.107. The van der Waals surface area contributed by atoms with E-state index >= 15 is 0 Å². The number of anilines is 1. The number of amides is 1. The SMILES string of the molecule is O=C(c1cnccn1)N1CCNCc2ccccc21. The summed E-state index contributed by atoms with van der Waals surface area (Å²) in [6.07, 6.45) is 4.60. The van der Waals surface area contributed by atoms with Gasteiger partial charge in [-0.25, -0.2) is 4.98 Å². The van der Waals surface area contributed by atoms with Crippen LogP contribution in [0.3, 0.4) is 0 Å². The van der Waals surface area contributed by atoms with Crippen molar-refractivity contribution < 1.29 is 4.79 Å². The van der Waals surface area contributed by atoms with Gasteiger partial charge in [0.25, 0.3) is 5.91 Å². The van der Waals surface area contributed by atoms with Crippen molar-refractivity contribution in [1.29, 1.82) is 0 Å². The number of aromatic nitrogens is 2. The molecule has 2 aromatic rings. The van der Waals surface area contributed by atoms with Gasteiger partial charge in [0.05, 0.1) is 6.20 Å². The molecule has 19 heavy (non-hydrogen) atoms. The van der Waals surface area contributed by atoms with E-state index in [4.69, 9.17) is 0 Å². The fourth-order valence-corrected chi connectivity index (χ4v) is 2.22.